The van der Waals surface area contributed by atoms with Crippen molar-refractivity contribution in [3.63, 3.8) is 0 Å². The normalized spacial score (nSPS) is 13.9. The van der Waals surface area contributed by atoms with Crippen LogP contribution in [0, 0.1) is 0 Å². The van der Waals surface area contributed by atoms with E-state index in [1.165, 1.54) is 89.9 Å². The molecule has 0 saturated heterocycles. The van der Waals surface area contributed by atoms with E-state index in [0.29, 0.717) is 19.3 Å². The summed E-state index contributed by atoms with van der Waals surface area (Å²) in [6, 6.07) is -0.722. The number of carbonyl (C=O) groups excluding carboxylic acids is 2. The fourth-order valence-corrected chi connectivity index (χ4v) is 7.06. The van der Waals surface area contributed by atoms with Crippen LogP contribution in [0.5, 0.6) is 0 Å². The Balaban J connectivity index is 4.74. The smallest absolute Gasteiger partial charge is 0.306 e. The Labute approximate surface area is 364 Å². The molecule has 3 unspecified atom stereocenters. The van der Waals surface area contributed by atoms with Crippen molar-refractivity contribution >= 4 is 11.9 Å². The van der Waals surface area contributed by atoms with Crippen molar-refractivity contribution in [1.29, 1.82) is 0 Å². The van der Waals surface area contributed by atoms with Gasteiger partial charge in [-0.25, -0.2) is 0 Å². The van der Waals surface area contributed by atoms with Crippen molar-refractivity contribution < 1.29 is 24.5 Å². The van der Waals surface area contributed by atoms with Gasteiger partial charge in [-0.1, -0.05) is 203 Å². The van der Waals surface area contributed by atoms with Gasteiger partial charge in [-0.3, -0.25) is 9.59 Å². The molecular weight excluding hydrogens is 731 g/mol. The lowest BCUT2D eigenvalue weighted by Crippen LogP contribution is -2.46. The third kappa shape index (κ3) is 41.8. The molecule has 0 spiro atoms. The summed E-state index contributed by atoms with van der Waals surface area (Å²) in [5, 5.41) is 23.7. The largest absolute Gasteiger partial charge is 0.462 e. The molecule has 3 atom stereocenters. The van der Waals surface area contributed by atoms with Crippen LogP contribution in [0.25, 0.3) is 0 Å². The summed E-state index contributed by atoms with van der Waals surface area (Å²) in [5.41, 5.74) is 0. The molecule has 0 aromatic carbocycles. The molecule has 0 heterocycles. The van der Waals surface area contributed by atoms with Crippen LogP contribution in [0.4, 0.5) is 0 Å². The fraction of sp³-hybridized carbons (Fsp3) is 0.736. The highest BCUT2D eigenvalue weighted by Crippen LogP contribution is 2.16. The Morgan fingerprint density at radius 3 is 1.41 bits per heavy atom. The topological polar surface area (TPSA) is 95.9 Å². The van der Waals surface area contributed by atoms with Crippen LogP contribution in [0.2, 0.25) is 0 Å². The quantitative estimate of drug-likeness (QED) is 0.0323. The molecule has 0 rings (SSSR count). The number of unbranched alkanes of at least 4 members (excludes halogenated alkanes) is 19. The number of aliphatic hydroxyl groups excluding tert-OH is 2. The molecule has 340 valence electrons. The molecular formula is C53H93NO5. The molecule has 0 radical (unpaired) electrons. The zero-order valence-electron chi connectivity index (χ0n) is 38.6. The number of hydrogen-bond donors (Lipinski definition) is 3. The van der Waals surface area contributed by atoms with Crippen molar-refractivity contribution in [2.24, 2.45) is 0 Å². The molecule has 0 aliphatic rings. The van der Waals surface area contributed by atoms with E-state index >= 15 is 0 Å². The maximum atomic E-state index is 13.2. The summed E-state index contributed by atoms with van der Waals surface area (Å²) < 4.78 is 5.87. The van der Waals surface area contributed by atoms with Crippen molar-refractivity contribution in [3.8, 4) is 0 Å². The van der Waals surface area contributed by atoms with Crippen molar-refractivity contribution in [2.45, 2.75) is 244 Å². The van der Waals surface area contributed by atoms with Gasteiger partial charge < -0.3 is 20.3 Å². The Kier molecular flexibility index (Phi) is 44.2. The van der Waals surface area contributed by atoms with E-state index in [1.807, 2.05) is 6.08 Å². The molecule has 0 bridgehead atoms. The van der Waals surface area contributed by atoms with Crippen molar-refractivity contribution in [1.82, 2.24) is 5.32 Å². The second kappa shape index (κ2) is 46.4. The minimum absolute atomic E-state index is 0.0350. The predicted octanol–water partition coefficient (Wildman–Crippen LogP) is 14.6. The van der Waals surface area contributed by atoms with Gasteiger partial charge in [-0.05, 0) is 83.5 Å². The number of amides is 1. The SMILES string of the molecule is CC/C=C/C/C=C/C/C=C/C/C=C/C/C=C/CCC(=O)OC(CCCCC/C=C/CCCCCCCCC)CC(=O)NC(CO)C(O)CCCCCCCCCCCC. The summed E-state index contributed by atoms with van der Waals surface area (Å²) in [7, 11) is 0. The summed E-state index contributed by atoms with van der Waals surface area (Å²) in [6.45, 7) is 6.32. The number of carbonyl (C=O) groups is 2. The van der Waals surface area contributed by atoms with Gasteiger partial charge in [0.05, 0.1) is 25.2 Å². The molecule has 0 aliphatic carbocycles. The average molecular weight is 824 g/mol. The Hall–Kier alpha value is -2.70. The average Bonchev–Trinajstić information content (AvgIpc) is 3.23. The second-order valence-electron chi connectivity index (χ2n) is 16.5. The van der Waals surface area contributed by atoms with Gasteiger partial charge in [-0.2, -0.15) is 0 Å². The third-order valence-electron chi connectivity index (χ3n) is 10.8. The monoisotopic (exact) mass is 824 g/mol. The lowest BCUT2D eigenvalue weighted by molar-refractivity contribution is -0.150. The van der Waals surface area contributed by atoms with Crippen LogP contribution in [0.15, 0.2) is 72.9 Å². The first-order valence-corrected chi connectivity index (χ1v) is 24.7. The molecule has 3 N–H and O–H groups in total. The molecule has 0 saturated carbocycles. The lowest BCUT2D eigenvalue weighted by Gasteiger charge is -2.24. The molecule has 6 heteroatoms. The number of rotatable bonds is 43. The number of esters is 1. The molecule has 0 fully saturated rings. The van der Waals surface area contributed by atoms with Gasteiger partial charge in [0.25, 0.3) is 0 Å². The highest BCUT2D eigenvalue weighted by atomic mass is 16.5. The molecule has 0 aliphatic heterocycles. The van der Waals surface area contributed by atoms with Crippen LogP contribution in [0.3, 0.4) is 0 Å². The maximum absolute atomic E-state index is 13.2. The first-order valence-electron chi connectivity index (χ1n) is 24.7. The second-order valence-corrected chi connectivity index (χ2v) is 16.5. The Morgan fingerprint density at radius 2 is 0.915 bits per heavy atom. The fourth-order valence-electron chi connectivity index (χ4n) is 7.06. The third-order valence-corrected chi connectivity index (χ3v) is 10.8. The van der Waals surface area contributed by atoms with Gasteiger partial charge in [0, 0.05) is 6.42 Å². The molecule has 1 amide bonds. The summed E-state index contributed by atoms with van der Waals surface area (Å²) in [6.07, 6.45) is 58.3. The number of allylic oxidation sites excluding steroid dienone is 12. The number of aliphatic hydroxyl groups is 2. The maximum Gasteiger partial charge on any atom is 0.306 e. The highest BCUT2D eigenvalue weighted by Gasteiger charge is 2.24. The lowest BCUT2D eigenvalue weighted by atomic mass is 10.0. The number of ether oxygens (including phenoxy) is 1. The van der Waals surface area contributed by atoms with Crippen molar-refractivity contribution in [2.75, 3.05) is 6.61 Å². The first-order chi connectivity index (χ1) is 29.0. The van der Waals surface area contributed by atoms with Crippen LogP contribution in [0.1, 0.15) is 226 Å². The van der Waals surface area contributed by atoms with E-state index in [0.717, 1.165) is 83.5 Å². The standard InChI is InChI=1S/C53H93NO5/c1-4-7-10-13-16-19-22-24-26-27-29-31-34-37-40-43-46-53(58)59-49(44-41-38-35-32-30-28-25-23-20-17-14-11-8-5-2)47-52(57)54-50(48-55)51(56)45-42-39-36-33-21-18-15-12-9-6-3/h7,10,16,19,24,26,28-31,37,40,49-51,55-56H,4-6,8-9,11-15,17-18,20-23,25,27,32-36,38-39,41-48H2,1-3H3,(H,54,57)/b10-7+,19-16+,26-24+,30-28+,31-29+,40-37+. The molecule has 59 heavy (non-hydrogen) atoms. The van der Waals surface area contributed by atoms with Crippen LogP contribution < -0.4 is 5.32 Å². The van der Waals surface area contributed by atoms with E-state index in [4.69, 9.17) is 4.74 Å². The molecule has 0 aromatic rings. The number of hydrogen-bond acceptors (Lipinski definition) is 5. The summed E-state index contributed by atoms with van der Waals surface area (Å²) in [4.78, 5) is 26.0. The van der Waals surface area contributed by atoms with Gasteiger partial charge >= 0.3 is 5.97 Å². The first kappa shape index (κ1) is 56.3. The van der Waals surface area contributed by atoms with Crippen molar-refractivity contribution in [3.05, 3.63) is 72.9 Å². The predicted molar refractivity (Wildman–Crippen MR) is 255 cm³/mol. The van der Waals surface area contributed by atoms with Crippen LogP contribution >= 0.6 is 0 Å². The van der Waals surface area contributed by atoms with Crippen LogP contribution in [-0.2, 0) is 14.3 Å². The van der Waals surface area contributed by atoms with Gasteiger partial charge in [0.1, 0.15) is 6.10 Å². The van der Waals surface area contributed by atoms with E-state index in [9.17, 15) is 19.8 Å². The zero-order chi connectivity index (χ0) is 43.1. The van der Waals surface area contributed by atoms with Gasteiger partial charge in [0.2, 0.25) is 5.91 Å². The molecule has 0 aromatic heterocycles. The van der Waals surface area contributed by atoms with Gasteiger partial charge in [-0.15, -0.1) is 0 Å². The zero-order valence-corrected chi connectivity index (χ0v) is 38.6. The Bertz CT molecular complexity index is 1110. The van der Waals surface area contributed by atoms with E-state index in [2.05, 4.69) is 92.9 Å². The highest BCUT2D eigenvalue weighted by molar-refractivity contribution is 5.77. The summed E-state index contributed by atoms with van der Waals surface area (Å²) in [5.74, 6) is -0.591. The minimum Gasteiger partial charge on any atom is -0.462 e. The number of nitrogens with one attached hydrogen (secondary N) is 1. The molecule has 6 nitrogen and oxygen atoms in total. The van der Waals surface area contributed by atoms with E-state index < -0.39 is 18.2 Å². The summed E-state index contributed by atoms with van der Waals surface area (Å²) >= 11 is 0. The Morgan fingerprint density at radius 1 is 0.508 bits per heavy atom. The van der Waals surface area contributed by atoms with E-state index in [1.54, 1.807) is 0 Å². The van der Waals surface area contributed by atoms with Crippen LogP contribution in [-0.4, -0.2) is 46.9 Å². The van der Waals surface area contributed by atoms with E-state index in [-0.39, 0.29) is 31.3 Å². The van der Waals surface area contributed by atoms with Gasteiger partial charge in [0.15, 0.2) is 0 Å². The minimum atomic E-state index is -0.804.